The average molecular weight is 333 g/mol. The summed E-state index contributed by atoms with van der Waals surface area (Å²) in [6, 6.07) is 6.55. The van der Waals surface area contributed by atoms with Crippen LogP contribution in [-0.2, 0) is 11.3 Å². The number of likely N-dealkylation sites (tertiary alicyclic amines) is 1. The quantitative estimate of drug-likeness (QED) is 0.869. The summed E-state index contributed by atoms with van der Waals surface area (Å²) in [6.45, 7) is 4.51. The molecule has 2 N–H and O–H groups in total. The molecule has 2 atom stereocenters. The van der Waals surface area contributed by atoms with Gasteiger partial charge in [0.25, 0.3) is 0 Å². The van der Waals surface area contributed by atoms with Crippen molar-refractivity contribution in [3.63, 3.8) is 0 Å². The van der Waals surface area contributed by atoms with Gasteiger partial charge in [0.2, 0.25) is 5.91 Å². The predicted octanol–water partition coefficient (Wildman–Crippen LogP) is 2.30. The van der Waals surface area contributed by atoms with E-state index in [9.17, 15) is 9.18 Å². The zero-order valence-electron chi connectivity index (χ0n) is 14.3. The van der Waals surface area contributed by atoms with Crippen molar-refractivity contribution in [3.05, 3.63) is 35.6 Å². The van der Waals surface area contributed by atoms with Gasteiger partial charge < -0.3 is 10.6 Å². The van der Waals surface area contributed by atoms with E-state index in [0.717, 1.165) is 51.0 Å². The Kier molecular flexibility index (Phi) is 6.21. The highest BCUT2D eigenvalue weighted by Gasteiger charge is 2.29. The van der Waals surface area contributed by atoms with Crippen molar-refractivity contribution in [2.45, 2.75) is 44.7 Å². The van der Waals surface area contributed by atoms with Crippen LogP contribution >= 0.6 is 0 Å². The van der Waals surface area contributed by atoms with Crippen molar-refractivity contribution in [1.82, 2.24) is 15.5 Å². The molecule has 1 amide bonds. The van der Waals surface area contributed by atoms with Crippen molar-refractivity contribution in [1.29, 1.82) is 0 Å². The molecule has 5 heteroatoms. The van der Waals surface area contributed by atoms with Crippen LogP contribution < -0.4 is 10.6 Å². The second-order valence-corrected chi connectivity index (χ2v) is 7.07. The van der Waals surface area contributed by atoms with Crippen molar-refractivity contribution >= 4 is 5.91 Å². The molecule has 2 heterocycles. The molecule has 132 valence electrons. The van der Waals surface area contributed by atoms with E-state index in [1.165, 1.54) is 25.0 Å². The number of piperidine rings is 2. The van der Waals surface area contributed by atoms with E-state index in [1.54, 1.807) is 0 Å². The monoisotopic (exact) mass is 333 g/mol. The van der Waals surface area contributed by atoms with Crippen LogP contribution in [0.1, 0.15) is 37.7 Å². The van der Waals surface area contributed by atoms with Crippen molar-refractivity contribution in [2.75, 3.05) is 26.2 Å². The number of halogens is 1. The zero-order chi connectivity index (χ0) is 16.8. The van der Waals surface area contributed by atoms with Crippen LogP contribution in [0.3, 0.4) is 0 Å². The van der Waals surface area contributed by atoms with Crippen molar-refractivity contribution in [3.8, 4) is 0 Å². The number of nitrogens with one attached hydrogen (secondary N) is 2. The molecule has 0 bridgehead atoms. The van der Waals surface area contributed by atoms with E-state index in [-0.39, 0.29) is 17.8 Å². The largest absolute Gasteiger partial charge is 0.354 e. The van der Waals surface area contributed by atoms with Gasteiger partial charge >= 0.3 is 0 Å². The number of carbonyl (C=O) groups excluding carboxylic acids is 1. The molecule has 1 aromatic carbocycles. The molecule has 24 heavy (non-hydrogen) atoms. The van der Waals surface area contributed by atoms with E-state index in [4.69, 9.17) is 0 Å². The number of hydrogen-bond donors (Lipinski definition) is 2. The molecule has 0 saturated carbocycles. The second kappa shape index (κ2) is 8.58. The van der Waals surface area contributed by atoms with Gasteiger partial charge in [0.1, 0.15) is 5.82 Å². The molecule has 0 radical (unpaired) electrons. The molecule has 0 aromatic heterocycles. The van der Waals surface area contributed by atoms with Gasteiger partial charge in [0.05, 0.1) is 6.04 Å². The Bertz CT molecular complexity index is 528. The number of rotatable bonds is 5. The Hall–Kier alpha value is -1.46. The lowest BCUT2D eigenvalue weighted by molar-refractivity contribution is -0.128. The highest BCUT2D eigenvalue weighted by molar-refractivity contribution is 5.81. The third-order valence-corrected chi connectivity index (χ3v) is 5.18. The lowest BCUT2D eigenvalue weighted by Crippen LogP contribution is -2.50. The fourth-order valence-corrected chi connectivity index (χ4v) is 3.76. The predicted molar refractivity (Wildman–Crippen MR) is 93.1 cm³/mol. The van der Waals surface area contributed by atoms with E-state index in [2.05, 4.69) is 15.5 Å². The Labute approximate surface area is 143 Å². The highest BCUT2D eigenvalue weighted by Crippen LogP contribution is 2.20. The van der Waals surface area contributed by atoms with E-state index >= 15 is 0 Å². The second-order valence-electron chi connectivity index (χ2n) is 7.07. The van der Waals surface area contributed by atoms with Gasteiger partial charge in [0, 0.05) is 13.1 Å². The van der Waals surface area contributed by atoms with Gasteiger partial charge in [-0.1, -0.05) is 18.6 Å². The minimum absolute atomic E-state index is 0.0552. The molecule has 2 unspecified atom stereocenters. The molecule has 0 spiro atoms. The summed E-state index contributed by atoms with van der Waals surface area (Å²) in [6.07, 6.45) is 5.52. The maximum Gasteiger partial charge on any atom is 0.237 e. The van der Waals surface area contributed by atoms with Crippen LogP contribution in [-0.4, -0.2) is 43.0 Å². The zero-order valence-corrected chi connectivity index (χ0v) is 14.3. The smallest absolute Gasteiger partial charge is 0.237 e. The SMILES string of the molecule is O=C(NCC1CCCNC1)C1CCCCN1Cc1ccc(F)cc1. The maximum absolute atomic E-state index is 13.1. The summed E-state index contributed by atoms with van der Waals surface area (Å²) < 4.78 is 13.1. The standard InChI is InChI=1S/C19H28FN3O/c20-17-8-6-15(7-9-17)14-23-11-2-1-5-18(23)19(24)22-13-16-4-3-10-21-12-16/h6-9,16,18,21H,1-5,10-14H2,(H,22,24). The molecule has 2 fully saturated rings. The summed E-state index contributed by atoms with van der Waals surface area (Å²) in [5.74, 6) is 0.493. The molecule has 2 aliphatic rings. The molecule has 3 rings (SSSR count). The Morgan fingerprint density at radius 3 is 2.79 bits per heavy atom. The first-order valence-electron chi connectivity index (χ1n) is 9.19. The maximum atomic E-state index is 13.1. The van der Waals surface area contributed by atoms with E-state index in [1.807, 2.05) is 12.1 Å². The Balaban J connectivity index is 1.54. The van der Waals surface area contributed by atoms with Crippen molar-refractivity contribution in [2.24, 2.45) is 5.92 Å². The van der Waals surface area contributed by atoms with Crippen LogP contribution in [0.2, 0.25) is 0 Å². The Morgan fingerprint density at radius 1 is 1.21 bits per heavy atom. The number of carbonyl (C=O) groups is 1. The molecule has 0 aliphatic carbocycles. The van der Waals surface area contributed by atoms with Crippen LogP contribution in [0, 0.1) is 11.7 Å². The number of benzene rings is 1. The third-order valence-electron chi connectivity index (χ3n) is 5.18. The first-order valence-corrected chi connectivity index (χ1v) is 9.19. The lowest BCUT2D eigenvalue weighted by Gasteiger charge is -2.35. The van der Waals surface area contributed by atoms with Gasteiger partial charge in [-0.25, -0.2) is 4.39 Å². The summed E-state index contributed by atoms with van der Waals surface area (Å²) in [4.78, 5) is 14.9. The molecule has 4 nitrogen and oxygen atoms in total. The van der Waals surface area contributed by atoms with Crippen molar-refractivity contribution < 1.29 is 9.18 Å². The molecule has 1 aromatic rings. The normalized spacial score (nSPS) is 25.4. The van der Waals surface area contributed by atoms with Crippen LogP contribution in [0.5, 0.6) is 0 Å². The van der Waals surface area contributed by atoms with Crippen LogP contribution in [0.25, 0.3) is 0 Å². The summed E-state index contributed by atoms with van der Waals surface area (Å²) in [7, 11) is 0. The summed E-state index contributed by atoms with van der Waals surface area (Å²) in [5, 5.41) is 6.56. The third kappa shape index (κ3) is 4.77. The first-order chi connectivity index (χ1) is 11.7. The Morgan fingerprint density at radius 2 is 2.04 bits per heavy atom. The van der Waals surface area contributed by atoms with Crippen LogP contribution in [0.4, 0.5) is 4.39 Å². The lowest BCUT2D eigenvalue weighted by atomic mass is 9.98. The molecular weight excluding hydrogens is 305 g/mol. The van der Waals surface area contributed by atoms with Gasteiger partial charge in [-0.05, 0) is 68.9 Å². The van der Waals surface area contributed by atoms with Gasteiger partial charge in [-0.2, -0.15) is 0 Å². The highest BCUT2D eigenvalue weighted by atomic mass is 19.1. The number of nitrogens with zero attached hydrogens (tertiary/aromatic N) is 1. The molecular formula is C19H28FN3O. The topological polar surface area (TPSA) is 44.4 Å². The fourth-order valence-electron chi connectivity index (χ4n) is 3.76. The minimum atomic E-state index is -0.215. The number of amides is 1. The number of hydrogen-bond acceptors (Lipinski definition) is 3. The minimum Gasteiger partial charge on any atom is -0.354 e. The molecule has 2 saturated heterocycles. The summed E-state index contributed by atoms with van der Waals surface area (Å²) >= 11 is 0. The average Bonchev–Trinajstić information content (AvgIpc) is 2.63. The van der Waals surface area contributed by atoms with Gasteiger partial charge in [-0.15, -0.1) is 0 Å². The van der Waals surface area contributed by atoms with Gasteiger partial charge in [0.15, 0.2) is 0 Å². The van der Waals surface area contributed by atoms with Gasteiger partial charge in [-0.3, -0.25) is 9.69 Å². The van der Waals surface area contributed by atoms with E-state index < -0.39 is 0 Å². The summed E-state index contributed by atoms with van der Waals surface area (Å²) in [5.41, 5.74) is 1.06. The first kappa shape index (κ1) is 17.4. The van der Waals surface area contributed by atoms with E-state index in [0.29, 0.717) is 12.5 Å². The fraction of sp³-hybridized carbons (Fsp3) is 0.632. The molecule has 2 aliphatic heterocycles. The van der Waals surface area contributed by atoms with Crippen LogP contribution in [0.15, 0.2) is 24.3 Å².